The quantitative estimate of drug-likeness (QED) is 0.333. The lowest BCUT2D eigenvalue weighted by atomic mass is 10.2. The van der Waals surface area contributed by atoms with Crippen LogP contribution in [-0.2, 0) is 0 Å². The van der Waals surface area contributed by atoms with Gasteiger partial charge in [-0.25, -0.2) is 0 Å². The zero-order valence-electron chi connectivity index (χ0n) is 13.1. The molecular formula is C18H26O3. The van der Waals surface area contributed by atoms with E-state index in [2.05, 4.69) is 19.1 Å². The number of aldehydes is 1. The first-order chi connectivity index (χ1) is 10.3. The van der Waals surface area contributed by atoms with Gasteiger partial charge in [-0.1, -0.05) is 19.1 Å². The van der Waals surface area contributed by atoms with Gasteiger partial charge in [0.25, 0.3) is 0 Å². The zero-order valence-corrected chi connectivity index (χ0v) is 13.1. The Morgan fingerprint density at radius 2 is 1.86 bits per heavy atom. The second-order valence-electron chi connectivity index (χ2n) is 4.83. The maximum atomic E-state index is 10.8. The van der Waals surface area contributed by atoms with Crippen LogP contribution in [0.15, 0.2) is 30.4 Å². The summed E-state index contributed by atoms with van der Waals surface area (Å²) < 4.78 is 11.3. The third-order valence-corrected chi connectivity index (χ3v) is 3.08. The molecule has 1 aromatic rings. The fraction of sp³-hybridized carbons (Fsp3) is 0.500. The largest absolute Gasteiger partial charge is 0.490 e. The molecule has 0 amide bonds. The van der Waals surface area contributed by atoms with E-state index in [0.717, 1.165) is 32.0 Å². The SMILES string of the molecule is CC/C=C\CCCCCOc1ccc(C=O)cc1OCC. The molecular weight excluding hydrogens is 264 g/mol. The third-order valence-electron chi connectivity index (χ3n) is 3.08. The first kappa shape index (κ1) is 17.3. The molecule has 0 unspecified atom stereocenters. The van der Waals surface area contributed by atoms with Gasteiger partial charge in [0, 0.05) is 5.56 Å². The Balaban J connectivity index is 2.34. The highest BCUT2D eigenvalue weighted by molar-refractivity contribution is 5.76. The van der Waals surface area contributed by atoms with Crippen LogP contribution in [0.25, 0.3) is 0 Å². The minimum Gasteiger partial charge on any atom is -0.490 e. The third kappa shape index (κ3) is 6.98. The van der Waals surface area contributed by atoms with Crippen molar-refractivity contribution in [2.45, 2.75) is 46.0 Å². The Morgan fingerprint density at radius 1 is 1.00 bits per heavy atom. The Kier molecular flexibility index (Phi) is 9.01. The Morgan fingerprint density at radius 3 is 2.57 bits per heavy atom. The minimum atomic E-state index is 0.558. The number of hydrogen-bond donors (Lipinski definition) is 0. The summed E-state index contributed by atoms with van der Waals surface area (Å²) in [7, 11) is 0. The first-order valence-electron chi connectivity index (χ1n) is 7.81. The van der Waals surface area contributed by atoms with Crippen molar-refractivity contribution in [2.24, 2.45) is 0 Å². The molecule has 0 aromatic heterocycles. The maximum Gasteiger partial charge on any atom is 0.161 e. The average Bonchev–Trinajstić information content (AvgIpc) is 2.51. The molecule has 3 nitrogen and oxygen atoms in total. The van der Waals surface area contributed by atoms with E-state index in [9.17, 15) is 4.79 Å². The maximum absolute atomic E-state index is 10.8. The molecule has 0 aliphatic rings. The number of ether oxygens (including phenoxy) is 2. The smallest absolute Gasteiger partial charge is 0.161 e. The highest BCUT2D eigenvalue weighted by Crippen LogP contribution is 2.28. The van der Waals surface area contributed by atoms with Gasteiger partial charge in [-0.3, -0.25) is 4.79 Å². The normalized spacial score (nSPS) is 10.8. The molecule has 0 N–H and O–H groups in total. The molecule has 0 spiro atoms. The predicted molar refractivity (Wildman–Crippen MR) is 86.4 cm³/mol. The monoisotopic (exact) mass is 290 g/mol. The first-order valence-corrected chi connectivity index (χ1v) is 7.81. The lowest BCUT2D eigenvalue weighted by Crippen LogP contribution is -2.01. The lowest BCUT2D eigenvalue weighted by Gasteiger charge is -2.12. The van der Waals surface area contributed by atoms with Crippen LogP contribution in [0, 0.1) is 0 Å². The molecule has 1 aromatic carbocycles. The summed E-state index contributed by atoms with van der Waals surface area (Å²) in [5, 5.41) is 0. The van der Waals surface area contributed by atoms with Gasteiger partial charge in [0.15, 0.2) is 11.5 Å². The molecule has 0 atom stereocenters. The fourth-order valence-electron chi connectivity index (χ4n) is 1.99. The van der Waals surface area contributed by atoms with Crippen molar-refractivity contribution in [1.82, 2.24) is 0 Å². The van der Waals surface area contributed by atoms with Crippen LogP contribution in [0.5, 0.6) is 11.5 Å². The summed E-state index contributed by atoms with van der Waals surface area (Å²) in [4.78, 5) is 10.8. The lowest BCUT2D eigenvalue weighted by molar-refractivity contribution is 0.112. The molecule has 0 heterocycles. The average molecular weight is 290 g/mol. The Hall–Kier alpha value is -1.77. The molecule has 0 aliphatic carbocycles. The number of unbranched alkanes of at least 4 members (excludes halogenated alkanes) is 3. The van der Waals surface area contributed by atoms with Gasteiger partial charge in [-0.2, -0.15) is 0 Å². The van der Waals surface area contributed by atoms with Crippen LogP contribution in [0.4, 0.5) is 0 Å². The molecule has 0 bridgehead atoms. The standard InChI is InChI=1S/C18H26O3/c1-3-5-6-7-8-9-10-13-21-17-12-11-16(15-19)14-18(17)20-4-2/h5-6,11-12,14-15H,3-4,7-10,13H2,1-2H3/b6-5-. The van der Waals surface area contributed by atoms with Crippen molar-refractivity contribution in [1.29, 1.82) is 0 Å². The van der Waals surface area contributed by atoms with E-state index >= 15 is 0 Å². The predicted octanol–water partition coefficient (Wildman–Crippen LogP) is 4.80. The Bertz CT molecular complexity index is 438. The number of carbonyl (C=O) groups excluding carboxylic acids is 1. The molecule has 1 rings (SSSR count). The number of allylic oxidation sites excluding steroid dienone is 2. The van der Waals surface area contributed by atoms with E-state index in [0.29, 0.717) is 30.3 Å². The van der Waals surface area contributed by atoms with Gasteiger partial charge in [-0.05, 0) is 57.2 Å². The van der Waals surface area contributed by atoms with E-state index in [1.807, 2.05) is 6.92 Å². The second-order valence-corrected chi connectivity index (χ2v) is 4.83. The summed E-state index contributed by atoms with van der Waals surface area (Å²) in [6, 6.07) is 5.28. The van der Waals surface area contributed by atoms with Crippen molar-refractivity contribution in [3.8, 4) is 11.5 Å². The van der Waals surface area contributed by atoms with Gasteiger partial charge >= 0.3 is 0 Å². The molecule has 0 saturated carbocycles. The Labute approximate surface area is 128 Å². The molecule has 0 saturated heterocycles. The summed E-state index contributed by atoms with van der Waals surface area (Å²) in [6.45, 7) is 5.30. The van der Waals surface area contributed by atoms with Crippen molar-refractivity contribution in [3.63, 3.8) is 0 Å². The van der Waals surface area contributed by atoms with E-state index in [1.54, 1.807) is 18.2 Å². The highest BCUT2D eigenvalue weighted by atomic mass is 16.5. The summed E-state index contributed by atoms with van der Waals surface area (Å²) in [5.41, 5.74) is 0.605. The molecule has 0 radical (unpaired) electrons. The van der Waals surface area contributed by atoms with Crippen molar-refractivity contribution in [2.75, 3.05) is 13.2 Å². The van der Waals surface area contributed by atoms with Crippen LogP contribution in [-0.4, -0.2) is 19.5 Å². The number of carbonyl (C=O) groups is 1. The van der Waals surface area contributed by atoms with Crippen LogP contribution in [0.3, 0.4) is 0 Å². The minimum absolute atomic E-state index is 0.558. The van der Waals surface area contributed by atoms with Crippen molar-refractivity contribution < 1.29 is 14.3 Å². The number of rotatable bonds is 11. The van der Waals surface area contributed by atoms with Crippen LogP contribution in [0.1, 0.15) is 56.3 Å². The van der Waals surface area contributed by atoms with E-state index in [1.165, 1.54) is 6.42 Å². The van der Waals surface area contributed by atoms with Gasteiger partial charge in [-0.15, -0.1) is 0 Å². The van der Waals surface area contributed by atoms with Crippen molar-refractivity contribution >= 4 is 6.29 Å². The van der Waals surface area contributed by atoms with E-state index < -0.39 is 0 Å². The van der Waals surface area contributed by atoms with Gasteiger partial charge in [0.2, 0.25) is 0 Å². The highest BCUT2D eigenvalue weighted by Gasteiger charge is 2.06. The zero-order chi connectivity index (χ0) is 15.3. The fourth-order valence-corrected chi connectivity index (χ4v) is 1.99. The van der Waals surface area contributed by atoms with Crippen LogP contribution in [0.2, 0.25) is 0 Å². The molecule has 116 valence electrons. The molecule has 3 heteroatoms. The topological polar surface area (TPSA) is 35.5 Å². The molecule has 0 aliphatic heterocycles. The van der Waals surface area contributed by atoms with E-state index in [-0.39, 0.29) is 0 Å². The van der Waals surface area contributed by atoms with Gasteiger partial charge in [0.1, 0.15) is 6.29 Å². The van der Waals surface area contributed by atoms with Gasteiger partial charge in [0.05, 0.1) is 13.2 Å². The van der Waals surface area contributed by atoms with Crippen LogP contribution < -0.4 is 9.47 Å². The van der Waals surface area contributed by atoms with Gasteiger partial charge < -0.3 is 9.47 Å². The number of hydrogen-bond acceptors (Lipinski definition) is 3. The number of benzene rings is 1. The summed E-state index contributed by atoms with van der Waals surface area (Å²) in [5.74, 6) is 1.36. The second kappa shape index (κ2) is 11.0. The van der Waals surface area contributed by atoms with E-state index in [4.69, 9.17) is 9.47 Å². The van der Waals surface area contributed by atoms with Crippen LogP contribution >= 0.6 is 0 Å². The summed E-state index contributed by atoms with van der Waals surface area (Å²) in [6.07, 6.45) is 10.9. The molecule has 21 heavy (non-hydrogen) atoms. The van der Waals surface area contributed by atoms with Crippen molar-refractivity contribution in [3.05, 3.63) is 35.9 Å². The molecule has 0 fully saturated rings. The summed E-state index contributed by atoms with van der Waals surface area (Å²) >= 11 is 0.